The molecule has 0 bridgehead atoms. The highest BCUT2D eigenvalue weighted by Crippen LogP contribution is 2.16. The number of aliphatic carboxylic acids is 1. The summed E-state index contributed by atoms with van der Waals surface area (Å²) in [5.74, 6) is -2.27. The normalized spacial score (nSPS) is 10.9. The fourth-order valence-corrected chi connectivity index (χ4v) is 4.62. The predicted molar refractivity (Wildman–Crippen MR) is 149 cm³/mol. The first-order chi connectivity index (χ1) is 17.5. The van der Waals surface area contributed by atoms with Gasteiger partial charge in [0, 0.05) is 13.1 Å². The van der Waals surface area contributed by atoms with Crippen LogP contribution in [-0.4, -0.2) is 21.9 Å². The number of rotatable bonds is 18. The average molecular weight is 494 g/mol. The first kappa shape index (κ1) is 29.6. The third-order valence-electron chi connectivity index (χ3n) is 6.90. The van der Waals surface area contributed by atoms with Crippen LogP contribution in [0.3, 0.4) is 0 Å². The molecule has 0 fully saturated rings. The summed E-state index contributed by atoms with van der Waals surface area (Å²) in [6, 6.07) is 16.6. The Labute approximate surface area is 219 Å². The van der Waals surface area contributed by atoms with E-state index in [0.717, 1.165) is 24.0 Å². The first-order valence-corrected chi connectivity index (χ1v) is 14.2. The second-order valence-electron chi connectivity index (χ2n) is 10.1. The van der Waals surface area contributed by atoms with Crippen LogP contribution >= 0.6 is 0 Å². The Balaban J connectivity index is 1.86. The van der Waals surface area contributed by atoms with Gasteiger partial charge in [0.15, 0.2) is 0 Å². The number of carbonyl (C=O) groups is 2. The second kappa shape index (κ2) is 17.8. The summed E-state index contributed by atoms with van der Waals surface area (Å²) in [5, 5.41) is 9.35. The SMILES string of the molecule is CCCCCCCCc1ccc(CN(Cc2ccc(CCCCCCCC)cc2)C(=O)C(=O)O)cc1. The van der Waals surface area contributed by atoms with E-state index in [0.29, 0.717) is 13.1 Å². The Kier molecular flexibility index (Phi) is 14.6. The molecule has 0 unspecified atom stereocenters. The molecular formula is C32H47NO3. The minimum absolute atomic E-state index is 0.294. The van der Waals surface area contributed by atoms with Crippen LogP contribution in [0.1, 0.15) is 113 Å². The maximum absolute atomic E-state index is 12.4. The molecule has 0 radical (unpaired) electrons. The van der Waals surface area contributed by atoms with Gasteiger partial charge in [-0.3, -0.25) is 4.79 Å². The number of hydrogen-bond acceptors (Lipinski definition) is 2. The largest absolute Gasteiger partial charge is 0.474 e. The Morgan fingerprint density at radius 3 is 1.25 bits per heavy atom. The zero-order chi connectivity index (χ0) is 26.0. The summed E-state index contributed by atoms with van der Waals surface area (Å²) in [6.45, 7) is 5.06. The third-order valence-corrected chi connectivity index (χ3v) is 6.90. The van der Waals surface area contributed by atoms with E-state index < -0.39 is 11.9 Å². The highest BCUT2D eigenvalue weighted by molar-refractivity contribution is 6.31. The van der Waals surface area contributed by atoms with E-state index in [2.05, 4.69) is 38.1 Å². The number of carboxylic acids is 1. The molecule has 0 atom stereocenters. The van der Waals surface area contributed by atoms with Crippen molar-refractivity contribution in [3.8, 4) is 0 Å². The molecule has 2 aromatic carbocycles. The van der Waals surface area contributed by atoms with Crippen molar-refractivity contribution < 1.29 is 14.7 Å². The van der Waals surface area contributed by atoms with Crippen molar-refractivity contribution >= 4 is 11.9 Å². The van der Waals surface area contributed by atoms with E-state index in [4.69, 9.17) is 0 Å². The first-order valence-electron chi connectivity index (χ1n) is 14.2. The lowest BCUT2D eigenvalue weighted by molar-refractivity contribution is -0.156. The molecule has 36 heavy (non-hydrogen) atoms. The van der Waals surface area contributed by atoms with Crippen molar-refractivity contribution in [3.63, 3.8) is 0 Å². The maximum atomic E-state index is 12.4. The van der Waals surface area contributed by atoms with Gasteiger partial charge in [-0.2, -0.15) is 0 Å². The monoisotopic (exact) mass is 493 g/mol. The van der Waals surface area contributed by atoms with Crippen LogP contribution in [-0.2, 0) is 35.5 Å². The molecule has 0 heterocycles. The van der Waals surface area contributed by atoms with E-state index in [1.54, 1.807) is 0 Å². The van der Waals surface area contributed by atoms with Gasteiger partial charge in [0.2, 0.25) is 0 Å². The van der Waals surface area contributed by atoms with E-state index in [-0.39, 0.29) is 0 Å². The molecule has 0 spiro atoms. The smallest absolute Gasteiger partial charge is 0.394 e. The van der Waals surface area contributed by atoms with Crippen LogP contribution in [0.5, 0.6) is 0 Å². The lowest BCUT2D eigenvalue weighted by atomic mass is 10.0. The van der Waals surface area contributed by atoms with E-state index in [9.17, 15) is 14.7 Å². The second-order valence-corrected chi connectivity index (χ2v) is 10.1. The van der Waals surface area contributed by atoms with E-state index in [1.165, 1.54) is 93.1 Å². The van der Waals surface area contributed by atoms with Crippen LogP contribution in [0.15, 0.2) is 48.5 Å². The van der Waals surface area contributed by atoms with Crippen LogP contribution in [0.25, 0.3) is 0 Å². The van der Waals surface area contributed by atoms with Gasteiger partial charge in [0.05, 0.1) is 0 Å². The summed E-state index contributed by atoms with van der Waals surface area (Å²) in [5.41, 5.74) is 4.50. The molecular weight excluding hydrogens is 446 g/mol. The molecule has 4 heteroatoms. The topological polar surface area (TPSA) is 57.6 Å². The molecule has 0 aliphatic rings. The van der Waals surface area contributed by atoms with Gasteiger partial charge in [-0.1, -0.05) is 127 Å². The Morgan fingerprint density at radius 1 is 0.556 bits per heavy atom. The quantitative estimate of drug-likeness (QED) is 0.168. The molecule has 0 saturated heterocycles. The summed E-state index contributed by atoms with van der Waals surface area (Å²) >= 11 is 0. The average Bonchev–Trinajstić information content (AvgIpc) is 2.89. The van der Waals surface area contributed by atoms with Crippen molar-refractivity contribution in [2.75, 3.05) is 0 Å². The summed E-state index contributed by atoms with van der Waals surface area (Å²) in [4.78, 5) is 25.3. The molecule has 1 amide bonds. The highest BCUT2D eigenvalue weighted by atomic mass is 16.4. The number of hydrogen-bond donors (Lipinski definition) is 1. The van der Waals surface area contributed by atoms with Gasteiger partial charge in [0.25, 0.3) is 0 Å². The number of aryl methyl sites for hydroxylation is 2. The molecule has 1 N–H and O–H groups in total. The Hall–Kier alpha value is -2.62. The molecule has 198 valence electrons. The summed E-state index contributed by atoms with van der Waals surface area (Å²) in [7, 11) is 0. The van der Waals surface area contributed by atoms with Gasteiger partial charge in [-0.25, -0.2) is 4.79 Å². The summed E-state index contributed by atoms with van der Waals surface area (Å²) in [6.07, 6.45) is 17.5. The number of benzene rings is 2. The molecule has 0 aromatic heterocycles. The van der Waals surface area contributed by atoms with Gasteiger partial charge in [0.1, 0.15) is 0 Å². The Morgan fingerprint density at radius 2 is 0.889 bits per heavy atom. The number of carboxylic acid groups (broad SMARTS) is 1. The Bertz CT molecular complexity index is 812. The summed E-state index contributed by atoms with van der Waals surface area (Å²) < 4.78 is 0. The minimum atomic E-state index is -1.41. The highest BCUT2D eigenvalue weighted by Gasteiger charge is 2.21. The zero-order valence-corrected chi connectivity index (χ0v) is 22.6. The third kappa shape index (κ3) is 11.9. The molecule has 0 saturated carbocycles. The van der Waals surface area contributed by atoms with E-state index >= 15 is 0 Å². The van der Waals surface area contributed by atoms with Crippen molar-refractivity contribution in [3.05, 3.63) is 70.8 Å². The standard InChI is InChI=1S/C32H47NO3/c1-3-5-7-9-11-13-15-27-17-21-29(22-18-27)25-33(31(34)32(35)36)26-30-23-19-28(20-24-30)16-14-12-10-8-6-4-2/h17-24H,3-16,25-26H2,1-2H3,(H,35,36). The van der Waals surface area contributed by atoms with E-state index in [1.807, 2.05) is 24.3 Å². The van der Waals surface area contributed by atoms with Crippen molar-refractivity contribution in [1.82, 2.24) is 4.90 Å². The lowest BCUT2D eigenvalue weighted by Crippen LogP contribution is -2.35. The van der Waals surface area contributed by atoms with Crippen LogP contribution in [0.2, 0.25) is 0 Å². The van der Waals surface area contributed by atoms with Gasteiger partial charge < -0.3 is 10.0 Å². The zero-order valence-electron chi connectivity index (χ0n) is 22.6. The number of nitrogens with zero attached hydrogens (tertiary/aromatic N) is 1. The number of unbranched alkanes of at least 4 members (excludes halogenated alkanes) is 10. The number of amides is 1. The van der Waals surface area contributed by atoms with Gasteiger partial charge in [-0.05, 0) is 47.9 Å². The maximum Gasteiger partial charge on any atom is 0.394 e. The van der Waals surface area contributed by atoms with Crippen molar-refractivity contribution in [1.29, 1.82) is 0 Å². The minimum Gasteiger partial charge on any atom is -0.474 e. The molecule has 4 nitrogen and oxygen atoms in total. The molecule has 0 aliphatic carbocycles. The van der Waals surface area contributed by atoms with Gasteiger partial charge >= 0.3 is 11.9 Å². The molecule has 2 rings (SSSR count). The van der Waals surface area contributed by atoms with Crippen LogP contribution in [0, 0.1) is 0 Å². The number of carbonyl (C=O) groups excluding carboxylic acids is 1. The lowest BCUT2D eigenvalue weighted by Gasteiger charge is -2.21. The van der Waals surface area contributed by atoms with Crippen LogP contribution in [0.4, 0.5) is 0 Å². The van der Waals surface area contributed by atoms with Crippen LogP contribution < -0.4 is 0 Å². The van der Waals surface area contributed by atoms with Crippen molar-refractivity contribution in [2.45, 2.75) is 117 Å². The fraction of sp³-hybridized carbons (Fsp3) is 0.562. The fourth-order valence-electron chi connectivity index (χ4n) is 4.62. The molecule has 0 aliphatic heterocycles. The van der Waals surface area contributed by atoms with Crippen molar-refractivity contribution in [2.24, 2.45) is 0 Å². The molecule has 2 aromatic rings. The van der Waals surface area contributed by atoms with Gasteiger partial charge in [-0.15, -0.1) is 0 Å². The predicted octanol–water partition coefficient (Wildman–Crippen LogP) is 8.11.